The van der Waals surface area contributed by atoms with E-state index < -0.39 is 0 Å². The zero-order valence-electron chi connectivity index (χ0n) is 12.2. The Balaban J connectivity index is 1.76. The SMILES string of the molecule is COc1cc(C(=O)NCCCC2CCCC2)ccc1N. The maximum absolute atomic E-state index is 12.0. The van der Waals surface area contributed by atoms with Crippen LogP contribution in [0.25, 0.3) is 0 Å². The molecule has 1 fully saturated rings. The molecule has 1 aromatic rings. The predicted molar refractivity (Wildman–Crippen MR) is 80.9 cm³/mol. The molecule has 0 aliphatic heterocycles. The molecule has 0 spiro atoms. The monoisotopic (exact) mass is 276 g/mol. The highest BCUT2D eigenvalue weighted by molar-refractivity contribution is 5.95. The van der Waals surface area contributed by atoms with Crippen LogP contribution in [0.2, 0.25) is 0 Å². The second kappa shape index (κ2) is 7.17. The molecule has 0 atom stereocenters. The third-order valence-electron chi connectivity index (χ3n) is 4.05. The van der Waals surface area contributed by atoms with Gasteiger partial charge in [0.05, 0.1) is 12.8 Å². The van der Waals surface area contributed by atoms with Crippen LogP contribution in [0.15, 0.2) is 18.2 Å². The van der Waals surface area contributed by atoms with Crippen molar-refractivity contribution in [3.8, 4) is 5.75 Å². The second-order valence-electron chi connectivity index (χ2n) is 5.51. The number of methoxy groups -OCH3 is 1. The van der Waals surface area contributed by atoms with Crippen LogP contribution < -0.4 is 15.8 Å². The van der Waals surface area contributed by atoms with Crippen molar-refractivity contribution in [3.05, 3.63) is 23.8 Å². The Bertz CT molecular complexity index is 454. The Morgan fingerprint density at radius 3 is 2.85 bits per heavy atom. The number of ether oxygens (including phenoxy) is 1. The van der Waals surface area contributed by atoms with Gasteiger partial charge in [-0.05, 0) is 37.0 Å². The van der Waals surface area contributed by atoms with Crippen LogP contribution in [0.5, 0.6) is 5.75 Å². The van der Waals surface area contributed by atoms with E-state index in [1.54, 1.807) is 25.3 Å². The zero-order chi connectivity index (χ0) is 14.4. The maximum atomic E-state index is 12.0. The summed E-state index contributed by atoms with van der Waals surface area (Å²) in [7, 11) is 1.55. The molecule has 110 valence electrons. The van der Waals surface area contributed by atoms with Crippen molar-refractivity contribution < 1.29 is 9.53 Å². The summed E-state index contributed by atoms with van der Waals surface area (Å²) in [4.78, 5) is 12.0. The molecule has 0 radical (unpaired) electrons. The van der Waals surface area contributed by atoms with Crippen LogP contribution in [0, 0.1) is 5.92 Å². The van der Waals surface area contributed by atoms with E-state index in [1.807, 2.05) is 0 Å². The Morgan fingerprint density at radius 1 is 1.40 bits per heavy atom. The maximum Gasteiger partial charge on any atom is 0.251 e. The van der Waals surface area contributed by atoms with Crippen LogP contribution >= 0.6 is 0 Å². The molecule has 2 rings (SSSR count). The van der Waals surface area contributed by atoms with Gasteiger partial charge in [0.25, 0.3) is 5.91 Å². The van der Waals surface area contributed by atoms with E-state index in [9.17, 15) is 4.79 Å². The van der Waals surface area contributed by atoms with E-state index in [-0.39, 0.29) is 5.91 Å². The van der Waals surface area contributed by atoms with Gasteiger partial charge in [-0.1, -0.05) is 25.7 Å². The van der Waals surface area contributed by atoms with Crippen LogP contribution in [0.3, 0.4) is 0 Å². The summed E-state index contributed by atoms with van der Waals surface area (Å²) in [5.41, 5.74) is 6.88. The lowest BCUT2D eigenvalue weighted by atomic mass is 10.0. The summed E-state index contributed by atoms with van der Waals surface area (Å²) in [6.07, 6.45) is 7.77. The molecular weight excluding hydrogens is 252 g/mol. The van der Waals surface area contributed by atoms with Crippen molar-refractivity contribution in [1.29, 1.82) is 0 Å². The van der Waals surface area contributed by atoms with Crippen molar-refractivity contribution in [2.45, 2.75) is 38.5 Å². The predicted octanol–water partition coefficient (Wildman–Crippen LogP) is 2.98. The summed E-state index contributed by atoms with van der Waals surface area (Å²) in [6.45, 7) is 0.738. The third kappa shape index (κ3) is 3.89. The van der Waals surface area contributed by atoms with Gasteiger partial charge in [-0.25, -0.2) is 0 Å². The minimum absolute atomic E-state index is 0.0604. The van der Waals surface area contributed by atoms with Crippen molar-refractivity contribution in [3.63, 3.8) is 0 Å². The lowest BCUT2D eigenvalue weighted by molar-refractivity contribution is 0.0952. The molecule has 0 saturated heterocycles. The minimum Gasteiger partial charge on any atom is -0.495 e. The topological polar surface area (TPSA) is 64.3 Å². The summed E-state index contributed by atoms with van der Waals surface area (Å²) < 4.78 is 5.12. The first-order valence-corrected chi connectivity index (χ1v) is 7.42. The number of benzene rings is 1. The fourth-order valence-electron chi connectivity index (χ4n) is 2.85. The number of nitrogens with two attached hydrogens (primary N) is 1. The molecule has 3 N–H and O–H groups in total. The van der Waals surface area contributed by atoms with Gasteiger partial charge >= 0.3 is 0 Å². The Hall–Kier alpha value is -1.71. The molecule has 1 aliphatic rings. The van der Waals surface area contributed by atoms with Gasteiger partial charge in [0.2, 0.25) is 0 Å². The standard InChI is InChI=1S/C16H24N2O2/c1-20-15-11-13(8-9-14(15)17)16(19)18-10-4-7-12-5-2-3-6-12/h8-9,11-12H,2-7,10,17H2,1H3,(H,18,19). The molecule has 1 aliphatic carbocycles. The molecule has 1 amide bonds. The van der Waals surface area contributed by atoms with Gasteiger partial charge in [0, 0.05) is 12.1 Å². The number of hydrogen-bond donors (Lipinski definition) is 2. The fourth-order valence-corrected chi connectivity index (χ4v) is 2.85. The van der Waals surface area contributed by atoms with Crippen LogP contribution in [-0.2, 0) is 0 Å². The highest BCUT2D eigenvalue weighted by atomic mass is 16.5. The van der Waals surface area contributed by atoms with E-state index in [0.717, 1.165) is 18.9 Å². The number of amides is 1. The highest BCUT2D eigenvalue weighted by Gasteiger charge is 2.14. The Morgan fingerprint density at radius 2 is 2.15 bits per heavy atom. The van der Waals surface area contributed by atoms with Crippen molar-refractivity contribution in [2.24, 2.45) is 5.92 Å². The normalized spacial score (nSPS) is 15.2. The third-order valence-corrected chi connectivity index (χ3v) is 4.05. The fraction of sp³-hybridized carbons (Fsp3) is 0.562. The van der Waals surface area contributed by atoms with Crippen molar-refractivity contribution in [2.75, 3.05) is 19.4 Å². The van der Waals surface area contributed by atoms with Crippen molar-refractivity contribution in [1.82, 2.24) is 5.32 Å². The number of carbonyl (C=O) groups is 1. The summed E-state index contributed by atoms with van der Waals surface area (Å²) >= 11 is 0. The van der Waals surface area contributed by atoms with Gasteiger partial charge in [-0.15, -0.1) is 0 Å². The average Bonchev–Trinajstić information content (AvgIpc) is 2.97. The number of hydrogen-bond acceptors (Lipinski definition) is 3. The summed E-state index contributed by atoms with van der Waals surface area (Å²) in [5.74, 6) is 1.36. The summed E-state index contributed by atoms with van der Waals surface area (Å²) in [5, 5.41) is 2.96. The van der Waals surface area contributed by atoms with E-state index in [1.165, 1.54) is 32.1 Å². The number of carbonyl (C=O) groups excluding carboxylic acids is 1. The van der Waals surface area contributed by atoms with Gasteiger partial charge in [0.15, 0.2) is 0 Å². The molecule has 0 unspecified atom stereocenters. The first-order valence-electron chi connectivity index (χ1n) is 7.42. The number of rotatable bonds is 6. The van der Waals surface area contributed by atoms with Gasteiger partial charge < -0.3 is 15.8 Å². The largest absolute Gasteiger partial charge is 0.495 e. The molecule has 20 heavy (non-hydrogen) atoms. The highest BCUT2D eigenvalue weighted by Crippen LogP contribution is 2.28. The van der Waals surface area contributed by atoms with Crippen LogP contribution in [-0.4, -0.2) is 19.6 Å². The lowest BCUT2D eigenvalue weighted by Crippen LogP contribution is -2.24. The van der Waals surface area contributed by atoms with E-state index >= 15 is 0 Å². The zero-order valence-corrected chi connectivity index (χ0v) is 12.2. The lowest BCUT2D eigenvalue weighted by Gasteiger charge is -2.10. The molecular formula is C16H24N2O2. The van der Waals surface area contributed by atoms with Gasteiger partial charge in [-0.3, -0.25) is 4.79 Å². The Labute approximate surface area is 120 Å². The molecule has 0 aromatic heterocycles. The van der Waals surface area contributed by atoms with Crippen molar-refractivity contribution >= 4 is 11.6 Å². The number of nitrogen functional groups attached to an aromatic ring is 1. The Kier molecular flexibility index (Phi) is 5.27. The smallest absolute Gasteiger partial charge is 0.251 e. The second-order valence-corrected chi connectivity index (χ2v) is 5.51. The molecule has 4 nitrogen and oxygen atoms in total. The molecule has 4 heteroatoms. The number of nitrogens with one attached hydrogen (secondary N) is 1. The number of anilines is 1. The first kappa shape index (κ1) is 14.7. The van der Waals surface area contributed by atoms with Gasteiger partial charge in [-0.2, -0.15) is 0 Å². The summed E-state index contributed by atoms with van der Waals surface area (Å²) in [6, 6.07) is 5.11. The quantitative estimate of drug-likeness (QED) is 0.620. The molecule has 0 bridgehead atoms. The molecule has 1 saturated carbocycles. The minimum atomic E-state index is -0.0604. The van der Waals surface area contributed by atoms with E-state index in [0.29, 0.717) is 17.0 Å². The van der Waals surface area contributed by atoms with Crippen LogP contribution in [0.1, 0.15) is 48.9 Å². The van der Waals surface area contributed by atoms with Gasteiger partial charge in [0.1, 0.15) is 5.75 Å². The average molecular weight is 276 g/mol. The van der Waals surface area contributed by atoms with E-state index in [4.69, 9.17) is 10.5 Å². The van der Waals surface area contributed by atoms with E-state index in [2.05, 4.69) is 5.32 Å². The molecule has 0 heterocycles. The molecule has 1 aromatic carbocycles. The van der Waals surface area contributed by atoms with Crippen LogP contribution in [0.4, 0.5) is 5.69 Å². The first-order chi connectivity index (χ1) is 9.70.